The quantitative estimate of drug-likeness (QED) is 0.768. The zero-order chi connectivity index (χ0) is 15.5. The third-order valence-electron chi connectivity index (χ3n) is 4.40. The fourth-order valence-corrected chi connectivity index (χ4v) is 2.92. The van der Waals surface area contributed by atoms with E-state index in [4.69, 9.17) is 9.84 Å². The lowest BCUT2D eigenvalue weighted by Crippen LogP contribution is -2.27. The summed E-state index contributed by atoms with van der Waals surface area (Å²) in [6.45, 7) is 0.307. The first-order valence-corrected chi connectivity index (χ1v) is 7.85. The van der Waals surface area contributed by atoms with Gasteiger partial charge in [0.15, 0.2) is 6.61 Å². The van der Waals surface area contributed by atoms with Crippen LogP contribution in [0, 0.1) is 17.8 Å². The van der Waals surface area contributed by atoms with E-state index in [2.05, 4.69) is 5.32 Å². The molecule has 3 rings (SSSR count). The van der Waals surface area contributed by atoms with E-state index in [0.717, 1.165) is 24.3 Å². The van der Waals surface area contributed by atoms with Crippen molar-refractivity contribution in [3.8, 4) is 5.75 Å². The summed E-state index contributed by atoms with van der Waals surface area (Å²) in [7, 11) is 0. The highest BCUT2D eigenvalue weighted by Gasteiger charge is 2.50. The van der Waals surface area contributed by atoms with Gasteiger partial charge in [-0.1, -0.05) is 12.1 Å². The standard InChI is InChI=1S/C17H21NO4/c19-16(20)10-22-13-5-1-11(2-6-13)7-8-18-17(21)15-9-14(15)12-3-4-12/h1-2,5-6,12,14-15H,3-4,7-10H2,(H,18,21)(H,19,20)/t14-,15+/m1/s1. The maximum absolute atomic E-state index is 12.0. The highest BCUT2D eigenvalue weighted by Crippen LogP contribution is 2.54. The molecule has 2 aliphatic rings. The van der Waals surface area contributed by atoms with Gasteiger partial charge >= 0.3 is 5.97 Å². The van der Waals surface area contributed by atoms with Crippen LogP contribution in [0.15, 0.2) is 24.3 Å². The molecule has 2 atom stereocenters. The number of carbonyl (C=O) groups is 2. The molecular weight excluding hydrogens is 282 g/mol. The van der Waals surface area contributed by atoms with Crippen LogP contribution in [0.2, 0.25) is 0 Å². The fraction of sp³-hybridized carbons (Fsp3) is 0.529. The number of carbonyl (C=O) groups excluding carboxylic acids is 1. The van der Waals surface area contributed by atoms with Crippen LogP contribution in [-0.2, 0) is 16.0 Å². The van der Waals surface area contributed by atoms with E-state index in [9.17, 15) is 9.59 Å². The summed E-state index contributed by atoms with van der Waals surface area (Å²) in [6, 6.07) is 7.30. The second-order valence-electron chi connectivity index (χ2n) is 6.21. The van der Waals surface area contributed by atoms with Crippen molar-refractivity contribution in [3.63, 3.8) is 0 Å². The zero-order valence-corrected chi connectivity index (χ0v) is 12.5. The van der Waals surface area contributed by atoms with E-state index in [0.29, 0.717) is 18.2 Å². The molecule has 1 aromatic carbocycles. The molecule has 0 aromatic heterocycles. The van der Waals surface area contributed by atoms with E-state index in [1.54, 1.807) is 12.1 Å². The molecule has 2 fully saturated rings. The molecule has 1 amide bonds. The Hall–Kier alpha value is -2.04. The van der Waals surface area contributed by atoms with Crippen molar-refractivity contribution in [2.75, 3.05) is 13.2 Å². The Morgan fingerprint density at radius 2 is 1.95 bits per heavy atom. The van der Waals surface area contributed by atoms with E-state index < -0.39 is 5.97 Å². The van der Waals surface area contributed by atoms with Gasteiger partial charge in [0, 0.05) is 12.5 Å². The van der Waals surface area contributed by atoms with Crippen LogP contribution in [0.1, 0.15) is 24.8 Å². The van der Waals surface area contributed by atoms with Crippen LogP contribution in [0.4, 0.5) is 0 Å². The van der Waals surface area contributed by atoms with Crippen LogP contribution in [0.3, 0.4) is 0 Å². The number of rotatable bonds is 8. The van der Waals surface area contributed by atoms with Crippen molar-refractivity contribution < 1.29 is 19.4 Å². The highest BCUT2D eigenvalue weighted by atomic mass is 16.5. The second-order valence-corrected chi connectivity index (χ2v) is 6.21. The number of amides is 1. The first-order chi connectivity index (χ1) is 10.6. The predicted molar refractivity (Wildman–Crippen MR) is 80.6 cm³/mol. The summed E-state index contributed by atoms with van der Waals surface area (Å²) in [6.07, 6.45) is 4.47. The minimum Gasteiger partial charge on any atom is -0.482 e. The number of carboxylic acid groups (broad SMARTS) is 1. The van der Waals surface area contributed by atoms with E-state index >= 15 is 0 Å². The molecule has 1 aromatic rings. The lowest BCUT2D eigenvalue weighted by Gasteiger charge is -2.07. The Balaban J connectivity index is 1.36. The molecule has 5 heteroatoms. The van der Waals surface area contributed by atoms with Crippen LogP contribution >= 0.6 is 0 Å². The van der Waals surface area contributed by atoms with E-state index in [-0.39, 0.29) is 18.4 Å². The number of hydrogen-bond donors (Lipinski definition) is 2. The lowest BCUT2D eigenvalue weighted by atomic mass is 10.1. The lowest BCUT2D eigenvalue weighted by molar-refractivity contribution is -0.139. The molecular formula is C17H21NO4. The monoisotopic (exact) mass is 303 g/mol. The molecule has 0 saturated heterocycles. The molecule has 2 N–H and O–H groups in total. The highest BCUT2D eigenvalue weighted by molar-refractivity contribution is 5.81. The molecule has 5 nitrogen and oxygen atoms in total. The maximum Gasteiger partial charge on any atom is 0.341 e. The molecule has 0 spiro atoms. The molecule has 2 aliphatic carbocycles. The van der Waals surface area contributed by atoms with Gasteiger partial charge in [0.25, 0.3) is 0 Å². The molecule has 22 heavy (non-hydrogen) atoms. The predicted octanol–water partition coefficient (Wildman–Crippen LogP) is 1.85. The Morgan fingerprint density at radius 1 is 1.23 bits per heavy atom. The number of carboxylic acids is 1. The van der Waals surface area contributed by atoms with Crippen molar-refractivity contribution in [1.29, 1.82) is 0 Å². The van der Waals surface area contributed by atoms with Crippen LogP contribution in [-0.4, -0.2) is 30.1 Å². The van der Waals surface area contributed by atoms with Crippen molar-refractivity contribution >= 4 is 11.9 Å². The number of aliphatic carboxylic acids is 1. The number of benzene rings is 1. The van der Waals surface area contributed by atoms with Crippen molar-refractivity contribution in [2.45, 2.75) is 25.7 Å². The fourth-order valence-electron chi connectivity index (χ4n) is 2.92. The Bertz CT molecular complexity index is 550. The van der Waals surface area contributed by atoms with Crippen LogP contribution in [0.5, 0.6) is 5.75 Å². The average molecular weight is 303 g/mol. The van der Waals surface area contributed by atoms with Gasteiger partial charge in [-0.05, 0) is 55.2 Å². The van der Waals surface area contributed by atoms with Crippen molar-refractivity contribution in [1.82, 2.24) is 5.32 Å². The zero-order valence-electron chi connectivity index (χ0n) is 12.5. The van der Waals surface area contributed by atoms with Gasteiger partial charge in [-0.15, -0.1) is 0 Å². The summed E-state index contributed by atoms with van der Waals surface area (Å²) in [5.74, 6) is 1.51. The first kappa shape index (κ1) is 14.9. The topological polar surface area (TPSA) is 75.6 Å². The van der Waals surface area contributed by atoms with Crippen molar-refractivity contribution in [3.05, 3.63) is 29.8 Å². The number of ether oxygens (including phenoxy) is 1. The second kappa shape index (κ2) is 6.38. The molecule has 2 saturated carbocycles. The Morgan fingerprint density at radius 3 is 2.59 bits per heavy atom. The van der Waals surface area contributed by atoms with Gasteiger partial charge in [0.05, 0.1) is 0 Å². The van der Waals surface area contributed by atoms with Gasteiger partial charge in [-0.3, -0.25) is 4.79 Å². The maximum atomic E-state index is 12.0. The Kier molecular flexibility index (Phi) is 4.32. The normalized spacial score (nSPS) is 22.9. The first-order valence-electron chi connectivity index (χ1n) is 7.85. The van der Waals surface area contributed by atoms with Gasteiger partial charge < -0.3 is 15.2 Å². The third kappa shape index (κ3) is 4.00. The molecule has 118 valence electrons. The van der Waals surface area contributed by atoms with Crippen molar-refractivity contribution in [2.24, 2.45) is 17.8 Å². The molecule has 0 aliphatic heterocycles. The van der Waals surface area contributed by atoms with E-state index in [1.165, 1.54) is 12.8 Å². The third-order valence-corrected chi connectivity index (χ3v) is 4.40. The van der Waals surface area contributed by atoms with Gasteiger partial charge in [-0.25, -0.2) is 4.79 Å². The molecule has 0 bridgehead atoms. The van der Waals surface area contributed by atoms with E-state index in [1.807, 2.05) is 12.1 Å². The summed E-state index contributed by atoms with van der Waals surface area (Å²) in [4.78, 5) is 22.4. The summed E-state index contributed by atoms with van der Waals surface area (Å²) in [5.41, 5.74) is 1.09. The van der Waals surface area contributed by atoms with Gasteiger partial charge in [-0.2, -0.15) is 0 Å². The number of hydrogen-bond acceptors (Lipinski definition) is 3. The summed E-state index contributed by atoms with van der Waals surface area (Å²) < 4.78 is 5.08. The van der Waals surface area contributed by atoms with Gasteiger partial charge in [0.2, 0.25) is 5.91 Å². The summed E-state index contributed by atoms with van der Waals surface area (Å²) in [5, 5.41) is 11.6. The largest absolute Gasteiger partial charge is 0.482 e. The van der Waals surface area contributed by atoms with Gasteiger partial charge in [0.1, 0.15) is 5.75 Å². The minimum absolute atomic E-state index is 0.207. The molecule has 0 unspecified atom stereocenters. The average Bonchev–Trinajstić information content (AvgIpc) is 3.38. The molecule has 0 radical (unpaired) electrons. The number of nitrogens with one attached hydrogen (secondary N) is 1. The summed E-state index contributed by atoms with van der Waals surface area (Å²) >= 11 is 0. The van der Waals surface area contributed by atoms with Crippen LogP contribution in [0.25, 0.3) is 0 Å². The molecule has 0 heterocycles. The Labute approximate surface area is 129 Å². The smallest absolute Gasteiger partial charge is 0.341 e. The SMILES string of the molecule is O=C(O)COc1ccc(CCNC(=O)[C@H]2C[C@@H]2C2CC2)cc1. The minimum atomic E-state index is -0.989. The van der Waals surface area contributed by atoms with Crippen LogP contribution < -0.4 is 10.1 Å².